The number of hydroxylamine groups is 2. The van der Waals surface area contributed by atoms with E-state index in [9.17, 15) is 0 Å². The number of ether oxygens (including phenoxy) is 6. The van der Waals surface area contributed by atoms with E-state index in [-0.39, 0.29) is 35.9 Å². The SMILES string of the molecule is CC(C)(C)O[C@@H]1[C@@H]2[C@H]3[C@H](O[C@H](COCc4ccccc4)[C@H](OCc4ccccc4)[C@@H]3OCc3ccccc3)ON2C[C@H]1OC(C)(C)C. The van der Waals surface area contributed by atoms with Crippen LogP contribution in [0.2, 0.25) is 0 Å². The van der Waals surface area contributed by atoms with Crippen LogP contribution in [0.3, 0.4) is 0 Å². The van der Waals surface area contributed by atoms with Crippen molar-refractivity contribution < 1.29 is 33.3 Å². The molecule has 3 aliphatic rings. The first-order chi connectivity index (χ1) is 22.5. The largest absolute Gasteiger partial charge is 0.374 e. The van der Waals surface area contributed by atoms with Gasteiger partial charge in [0.15, 0.2) is 6.29 Å². The van der Waals surface area contributed by atoms with Gasteiger partial charge in [0.25, 0.3) is 0 Å². The maximum absolute atomic E-state index is 6.94. The highest BCUT2D eigenvalue weighted by atomic mass is 16.8. The summed E-state index contributed by atoms with van der Waals surface area (Å²) in [5.41, 5.74) is 2.53. The molecule has 47 heavy (non-hydrogen) atoms. The fraction of sp³-hybridized carbons (Fsp3) is 0.538. The summed E-state index contributed by atoms with van der Waals surface area (Å²) in [6, 6.07) is 30.5. The third-order valence-corrected chi connectivity index (χ3v) is 8.68. The van der Waals surface area contributed by atoms with Gasteiger partial charge < -0.3 is 28.4 Å². The van der Waals surface area contributed by atoms with Crippen molar-refractivity contribution in [1.82, 2.24) is 5.06 Å². The summed E-state index contributed by atoms with van der Waals surface area (Å²) in [6.07, 6.45) is -2.24. The van der Waals surface area contributed by atoms with Gasteiger partial charge in [-0.2, -0.15) is 5.06 Å². The summed E-state index contributed by atoms with van der Waals surface area (Å²) in [4.78, 5) is 6.63. The van der Waals surface area contributed by atoms with Gasteiger partial charge in [-0.3, -0.25) is 4.84 Å². The van der Waals surface area contributed by atoms with Crippen molar-refractivity contribution in [3.8, 4) is 0 Å². The fourth-order valence-electron chi connectivity index (χ4n) is 6.88. The van der Waals surface area contributed by atoms with Crippen LogP contribution in [-0.2, 0) is 53.1 Å². The fourth-order valence-corrected chi connectivity index (χ4v) is 6.88. The molecule has 0 aromatic heterocycles. The molecule has 3 aliphatic heterocycles. The van der Waals surface area contributed by atoms with Crippen LogP contribution in [0.5, 0.6) is 0 Å². The number of benzene rings is 3. The Morgan fingerprint density at radius 2 is 1.15 bits per heavy atom. The summed E-state index contributed by atoms with van der Waals surface area (Å²) in [5, 5.41) is 2.02. The molecule has 3 fully saturated rings. The van der Waals surface area contributed by atoms with Crippen molar-refractivity contribution in [2.75, 3.05) is 13.2 Å². The lowest BCUT2D eigenvalue weighted by Crippen LogP contribution is -2.60. The predicted octanol–water partition coefficient (Wildman–Crippen LogP) is 6.71. The molecule has 8 atom stereocenters. The molecular weight excluding hydrogens is 594 g/mol. The predicted molar refractivity (Wildman–Crippen MR) is 179 cm³/mol. The van der Waals surface area contributed by atoms with E-state index in [1.54, 1.807) is 0 Å². The van der Waals surface area contributed by atoms with Crippen molar-refractivity contribution in [3.05, 3.63) is 108 Å². The van der Waals surface area contributed by atoms with Gasteiger partial charge in [-0.15, -0.1) is 0 Å². The van der Waals surface area contributed by atoms with Crippen LogP contribution < -0.4 is 0 Å². The maximum atomic E-state index is 6.94. The van der Waals surface area contributed by atoms with Gasteiger partial charge in [-0.1, -0.05) is 91.0 Å². The quantitative estimate of drug-likeness (QED) is 0.215. The topological polar surface area (TPSA) is 67.9 Å². The zero-order valence-corrected chi connectivity index (χ0v) is 28.6. The van der Waals surface area contributed by atoms with Crippen molar-refractivity contribution in [2.24, 2.45) is 5.92 Å². The summed E-state index contributed by atoms with van der Waals surface area (Å²) in [5.74, 6) is -0.203. The van der Waals surface area contributed by atoms with Crippen LogP contribution in [0, 0.1) is 5.92 Å². The average Bonchev–Trinajstić information content (AvgIpc) is 3.54. The lowest BCUT2D eigenvalue weighted by Gasteiger charge is -2.45. The van der Waals surface area contributed by atoms with Crippen LogP contribution in [0.4, 0.5) is 0 Å². The van der Waals surface area contributed by atoms with E-state index in [4.69, 9.17) is 33.3 Å². The smallest absolute Gasteiger partial charge is 0.185 e. The summed E-state index contributed by atoms with van der Waals surface area (Å²) in [6.45, 7) is 14.7. The molecule has 3 heterocycles. The maximum Gasteiger partial charge on any atom is 0.185 e. The molecule has 0 bridgehead atoms. The summed E-state index contributed by atoms with van der Waals surface area (Å²) in [7, 11) is 0. The second kappa shape index (κ2) is 14.8. The molecule has 0 saturated carbocycles. The molecule has 3 aromatic carbocycles. The van der Waals surface area contributed by atoms with Crippen molar-refractivity contribution in [2.45, 2.75) is 115 Å². The molecule has 8 nitrogen and oxygen atoms in total. The van der Waals surface area contributed by atoms with Gasteiger partial charge in [0.05, 0.1) is 62.2 Å². The first-order valence-corrected chi connectivity index (χ1v) is 16.9. The number of hydrogen-bond acceptors (Lipinski definition) is 8. The Kier molecular flexibility index (Phi) is 10.8. The van der Waals surface area contributed by atoms with E-state index in [0.29, 0.717) is 33.0 Å². The number of hydrogen-bond donors (Lipinski definition) is 0. The Balaban J connectivity index is 1.32. The molecule has 0 N–H and O–H groups in total. The van der Waals surface area contributed by atoms with E-state index in [0.717, 1.165) is 16.7 Å². The van der Waals surface area contributed by atoms with E-state index >= 15 is 0 Å². The monoisotopic (exact) mass is 645 g/mol. The molecule has 3 aromatic rings. The highest BCUT2D eigenvalue weighted by molar-refractivity contribution is 5.16. The number of nitrogens with zero attached hydrogens (tertiary/aromatic N) is 1. The molecule has 6 rings (SSSR count). The minimum absolute atomic E-state index is 0.165. The number of fused-ring (bicyclic) bond motifs is 3. The molecule has 3 saturated heterocycles. The second-order valence-corrected chi connectivity index (χ2v) is 14.8. The van der Waals surface area contributed by atoms with Gasteiger partial charge in [0, 0.05) is 0 Å². The number of rotatable bonds is 12. The van der Waals surface area contributed by atoms with E-state index in [2.05, 4.69) is 77.9 Å². The average molecular weight is 646 g/mol. The van der Waals surface area contributed by atoms with Gasteiger partial charge >= 0.3 is 0 Å². The molecule has 0 radical (unpaired) electrons. The zero-order valence-electron chi connectivity index (χ0n) is 28.6. The third kappa shape index (κ3) is 8.88. The lowest BCUT2D eigenvalue weighted by atomic mass is 9.83. The van der Waals surface area contributed by atoms with Gasteiger partial charge in [-0.05, 0) is 58.2 Å². The first-order valence-electron chi connectivity index (χ1n) is 16.9. The lowest BCUT2D eigenvalue weighted by molar-refractivity contribution is -0.314. The minimum atomic E-state index is -0.552. The summed E-state index contributed by atoms with van der Waals surface area (Å²) >= 11 is 0. The summed E-state index contributed by atoms with van der Waals surface area (Å²) < 4.78 is 40.2. The van der Waals surface area contributed by atoms with E-state index in [1.165, 1.54) is 0 Å². The van der Waals surface area contributed by atoms with E-state index < -0.39 is 24.1 Å². The Morgan fingerprint density at radius 1 is 0.638 bits per heavy atom. The molecule has 0 amide bonds. The van der Waals surface area contributed by atoms with Crippen molar-refractivity contribution in [3.63, 3.8) is 0 Å². The highest BCUT2D eigenvalue weighted by Gasteiger charge is 2.64. The normalized spacial score (nSPS) is 29.5. The molecular formula is C39H51NO7. The third-order valence-electron chi connectivity index (χ3n) is 8.68. The molecule has 8 heteroatoms. The van der Waals surface area contributed by atoms with Gasteiger partial charge in [0.1, 0.15) is 24.4 Å². The van der Waals surface area contributed by atoms with Gasteiger partial charge in [0.2, 0.25) is 0 Å². The van der Waals surface area contributed by atoms with E-state index in [1.807, 2.05) is 59.7 Å². The standard InChI is InChI=1S/C39H51NO7/c1-38(2,3)45-30-22-40-33(34(30)46-39(4,5)6)32-36(43-25-29-20-14-9-15-21-29)35(42-24-28-18-12-8-13-19-28)31(44-37(32)47-40)26-41-23-27-16-10-7-11-17-27/h7-21,30-37H,22-26H2,1-6H3/t30-,31-,32-,33+,34+,35+,36-,37-/m1/s1. The zero-order chi connectivity index (χ0) is 33.0. The highest BCUT2D eigenvalue weighted by Crippen LogP contribution is 2.47. The minimum Gasteiger partial charge on any atom is -0.374 e. The molecule has 0 spiro atoms. The van der Waals surface area contributed by atoms with Crippen LogP contribution in [-0.4, -0.2) is 72.3 Å². The Hall–Kier alpha value is -2.66. The Labute approximate surface area is 280 Å². The van der Waals surface area contributed by atoms with Crippen molar-refractivity contribution >= 4 is 0 Å². The van der Waals surface area contributed by atoms with Crippen LogP contribution >= 0.6 is 0 Å². The van der Waals surface area contributed by atoms with Crippen LogP contribution in [0.25, 0.3) is 0 Å². The van der Waals surface area contributed by atoms with Crippen LogP contribution in [0.1, 0.15) is 58.2 Å². The molecule has 0 aliphatic carbocycles. The molecule has 0 unspecified atom stereocenters. The molecule has 254 valence electrons. The van der Waals surface area contributed by atoms with Crippen LogP contribution in [0.15, 0.2) is 91.0 Å². The second-order valence-electron chi connectivity index (χ2n) is 14.8. The first kappa shape index (κ1) is 34.2. The Bertz CT molecular complexity index is 1380. The Morgan fingerprint density at radius 3 is 1.68 bits per heavy atom. The van der Waals surface area contributed by atoms with Crippen molar-refractivity contribution in [1.29, 1.82) is 0 Å². The van der Waals surface area contributed by atoms with Gasteiger partial charge in [-0.25, -0.2) is 0 Å².